The molecule has 0 bridgehead atoms. The van der Waals surface area contributed by atoms with E-state index in [9.17, 15) is 18.0 Å². The fraction of sp³-hybridized carbons (Fsp3) is 0.259. The van der Waals surface area contributed by atoms with Crippen LogP contribution in [0.15, 0.2) is 77.1 Å². The van der Waals surface area contributed by atoms with Crippen LogP contribution in [0.1, 0.15) is 35.3 Å². The molecule has 37 heavy (non-hydrogen) atoms. The van der Waals surface area contributed by atoms with Crippen LogP contribution in [0, 0.1) is 0 Å². The fourth-order valence-electron chi connectivity index (χ4n) is 3.90. The summed E-state index contributed by atoms with van der Waals surface area (Å²) in [5.41, 5.74) is 7.58. The molecule has 0 unspecified atom stereocenters. The Morgan fingerprint density at radius 1 is 1.00 bits per heavy atom. The maximum Gasteiger partial charge on any atom is 0.573 e. The first kappa shape index (κ1) is 26.4. The third kappa shape index (κ3) is 7.21. The molecule has 0 atom stereocenters. The molecule has 0 aliphatic heterocycles. The molecule has 1 aromatic heterocycles. The summed E-state index contributed by atoms with van der Waals surface area (Å²) in [6.07, 6.45) is -2.07. The summed E-state index contributed by atoms with van der Waals surface area (Å²) in [4.78, 5) is 18.7. The number of halogens is 3. The van der Waals surface area contributed by atoms with Crippen LogP contribution < -0.4 is 20.6 Å². The molecule has 0 aliphatic carbocycles. The minimum absolute atomic E-state index is 0.157. The maximum atomic E-state index is 13.1. The van der Waals surface area contributed by atoms with E-state index < -0.39 is 6.36 Å². The highest BCUT2D eigenvalue weighted by atomic mass is 32.1. The van der Waals surface area contributed by atoms with Gasteiger partial charge in [-0.05, 0) is 48.5 Å². The average Bonchev–Trinajstić information content (AvgIpc) is 3.27. The molecule has 0 radical (unpaired) electrons. The number of rotatable bonds is 10. The predicted octanol–water partition coefficient (Wildman–Crippen LogP) is 5.89. The number of thiazole rings is 1. The van der Waals surface area contributed by atoms with E-state index in [0.29, 0.717) is 29.1 Å². The number of alkyl halides is 3. The lowest BCUT2D eigenvalue weighted by molar-refractivity contribution is -0.274. The summed E-state index contributed by atoms with van der Waals surface area (Å²) in [5.74, 6) is -0.597. The minimum atomic E-state index is -4.75. The van der Waals surface area contributed by atoms with Crippen LogP contribution >= 0.6 is 11.3 Å². The zero-order valence-corrected chi connectivity index (χ0v) is 20.8. The first-order chi connectivity index (χ1) is 17.8. The minimum Gasteiger partial charge on any atom is -0.406 e. The van der Waals surface area contributed by atoms with E-state index in [-0.39, 0.29) is 18.2 Å². The third-order valence-corrected chi connectivity index (χ3v) is 6.57. The van der Waals surface area contributed by atoms with E-state index >= 15 is 0 Å². The summed E-state index contributed by atoms with van der Waals surface area (Å²) < 4.78 is 42.9. The maximum absolute atomic E-state index is 13.1. The average molecular weight is 529 g/mol. The number of carbonyl (C=O) groups is 1. The largest absolute Gasteiger partial charge is 0.573 e. The van der Waals surface area contributed by atoms with Gasteiger partial charge in [-0.3, -0.25) is 4.79 Å². The molecule has 3 aromatic carbocycles. The van der Waals surface area contributed by atoms with Crippen molar-refractivity contribution in [3.63, 3.8) is 0 Å². The first-order valence-electron chi connectivity index (χ1n) is 11.9. The van der Waals surface area contributed by atoms with Gasteiger partial charge in [0.2, 0.25) is 0 Å². The van der Waals surface area contributed by atoms with Gasteiger partial charge in [0, 0.05) is 23.9 Å². The van der Waals surface area contributed by atoms with E-state index in [2.05, 4.69) is 10.1 Å². The second-order valence-corrected chi connectivity index (χ2v) is 9.23. The van der Waals surface area contributed by atoms with Crippen molar-refractivity contribution < 1.29 is 22.7 Å². The zero-order chi connectivity index (χ0) is 26.3. The van der Waals surface area contributed by atoms with Gasteiger partial charge < -0.3 is 20.4 Å². The molecule has 0 aliphatic rings. The molecule has 4 aromatic rings. The summed E-state index contributed by atoms with van der Waals surface area (Å²) in [6.45, 7) is 1.38. The van der Waals surface area contributed by atoms with Crippen molar-refractivity contribution >= 4 is 33.7 Å². The Hall–Kier alpha value is -3.63. The molecule has 194 valence electrons. The number of aromatic nitrogens is 1. The third-order valence-electron chi connectivity index (χ3n) is 5.71. The van der Waals surface area contributed by atoms with Crippen molar-refractivity contribution in [2.24, 2.45) is 10.7 Å². The lowest BCUT2D eigenvalue weighted by Gasteiger charge is -2.11. The Morgan fingerprint density at radius 2 is 1.76 bits per heavy atom. The number of amides is 1. The van der Waals surface area contributed by atoms with Crippen LogP contribution in [0.25, 0.3) is 10.8 Å². The number of hydrogen-bond donors (Lipinski definition) is 2. The van der Waals surface area contributed by atoms with Gasteiger partial charge in [-0.15, -0.1) is 24.5 Å². The topological polar surface area (TPSA) is 81.6 Å². The second kappa shape index (κ2) is 12.1. The van der Waals surface area contributed by atoms with Crippen molar-refractivity contribution in [2.75, 3.05) is 6.54 Å². The molecule has 0 spiro atoms. The molecule has 0 saturated heterocycles. The van der Waals surface area contributed by atoms with Crippen LogP contribution in [0.5, 0.6) is 5.75 Å². The summed E-state index contributed by atoms with van der Waals surface area (Å²) in [5, 5.41) is 6.74. The summed E-state index contributed by atoms with van der Waals surface area (Å²) >= 11 is 1.39. The number of hydrogen-bond acceptors (Lipinski definition) is 5. The van der Waals surface area contributed by atoms with Gasteiger partial charge in [0.15, 0.2) is 4.80 Å². The number of benzene rings is 3. The highest BCUT2D eigenvalue weighted by Gasteiger charge is 2.30. The van der Waals surface area contributed by atoms with Gasteiger partial charge in [-0.1, -0.05) is 55.0 Å². The van der Waals surface area contributed by atoms with E-state index in [0.717, 1.165) is 35.7 Å². The van der Waals surface area contributed by atoms with Gasteiger partial charge in [-0.2, -0.15) is 0 Å². The number of ether oxygens (including phenoxy) is 1. The van der Waals surface area contributed by atoms with Gasteiger partial charge in [-0.25, -0.2) is 4.99 Å². The van der Waals surface area contributed by atoms with Crippen molar-refractivity contribution in [1.29, 1.82) is 0 Å². The van der Waals surface area contributed by atoms with Crippen molar-refractivity contribution in [3.05, 3.63) is 88.2 Å². The van der Waals surface area contributed by atoms with Gasteiger partial charge >= 0.3 is 6.36 Å². The van der Waals surface area contributed by atoms with Crippen molar-refractivity contribution in [1.82, 2.24) is 9.88 Å². The van der Waals surface area contributed by atoms with Gasteiger partial charge in [0.25, 0.3) is 5.91 Å². The predicted molar refractivity (Wildman–Crippen MR) is 139 cm³/mol. The number of nitrogens with two attached hydrogens (primary N) is 1. The van der Waals surface area contributed by atoms with Crippen molar-refractivity contribution in [2.45, 2.75) is 38.7 Å². The fourth-order valence-corrected chi connectivity index (χ4v) is 4.82. The first-order valence-corrected chi connectivity index (χ1v) is 12.8. The van der Waals surface area contributed by atoms with Crippen LogP contribution in [0.4, 0.5) is 18.9 Å². The van der Waals surface area contributed by atoms with Crippen LogP contribution in [-0.4, -0.2) is 23.4 Å². The Morgan fingerprint density at radius 3 is 2.51 bits per heavy atom. The smallest absolute Gasteiger partial charge is 0.406 e. The van der Waals surface area contributed by atoms with E-state index in [1.807, 2.05) is 47.0 Å². The normalized spacial score (nSPS) is 12.2. The standard InChI is InChI=1S/C27H27F3N4O2S/c28-27(29,30)36-21-13-11-19(12-14-21)17-32-25(35)24-18-37-26(34(24)16-5-1-4-15-31)33-23-10-6-8-20-7-2-3-9-22(20)23/h2-3,6-14,18H,1,4-5,15-17,31H2,(H,32,35). The lowest BCUT2D eigenvalue weighted by atomic mass is 10.1. The number of fused-ring (bicyclic) bond motifs is 1. The molecule has 0 fully saturated rings. The molecule has 1 heterocycles. The molecular formula is C27H27F3N4O2S. The number of unbranched alkanes of at least 4 members (excludes halogenated alkanes) is 2. The highest BCUT2D eigenvalue weighted by Crippen LogP contribution is 2.25. The SMILES string of the molecule is NCCCCCn1c(C(=O)NCc2ccc(OC(F)(F)F)cc2)csc1=Nc1cccc2ccccc12. The van der Waals surface area contributed by atoms with Crippen LogP contribution in [-0.2, 0) is 13.1 Å². The van der Waals surface area contributed by atoms with Crippen molar-refractivity contribution in [3.8, 4) is 5.75 Å². The number of nitrogens with zero attached hydrogens (tertiary/aromatic N) is 2. The second-order valence-electron chi connectivity index (χ2n) is 8.39. The zero-order valence-electron chi connectivity index (χ0n) is 20.0. The highest BCUT2D eigenvalue weighted by molar-refractivity contribution is 7.07. The molecule has 10 heteroatoms. The number of nitrogens with one attached hydrogen (secondary N) is 1. The monoisotopic (exact) mass is 528 g/mol. The van der Waals surface area contributed by atoms with E-state index in [1.54, 1.807) is 5.38 Å². The quantitative estimate of drug-likeness (QED) is 0.252. The summed E-state index contributed by atoms with van der Waals surface area (Å²) in [7, 11) is 0. The Balaban J connectivity index is 1.56. The lowest BCUT2D eigenvalue weighted by Crippen LogP contribution is -2.28. The van der Waals surface area contributed by atoms with Gasteiger partial charge in [0.05, 0.1) is 5.69 Å². The molecular weight excluding hydrogens is 501 g/mol. The van der Waals surface area contributed by atoms with Gasteiger partial charge in [0.1, 0.15) is 11.4 Å². The Bertz CT molecular complexity index is 1410. The van der Waals surface area contributed by atoms with Crippen LogP contribution in [0.2, 0.25) is 0 Å². The van der Waals surface area contributed by atoms with E-state index in [4.69, 9.17) is 10.7 Å². The van der Waals surface area contributed by atoms with Crippen LogP contribution in [0.3, 0.4) is 0 Å². The molecule has 6 nitrogen and oxygen atoms in total. The molecule has 0 saturated carbocycles. The number of carbonyl (C=O) groups excluding carboxylic acids is 1. The molecule has 4 rings (SSSR count). The van der Waals surface area contributed by atoms with E-state index in [1.165, 1.54) is 35.6 Å². The summed E-state index contributed by atoms with van der Waals surface area (Å²) in [6, 6.07) is 19.4. The molecule has 3 N–H and O–H groups in total. The molecule has 1 amide bonds. The Kier molecular flexibility index (Phi) is 8.62. The Labute approximate surface area is 216 Å².